The largest absolute Gasteiger partial charge is 0.326 e. The molecule has 2 rings (SSSR count). The number of halogens is 2. The number of likely N-dealkylation sites (tertiary alicyclic amines) is 1. The van der Waals surface area contributed by atoms with Crippen LogP contribution in [0.15, 0.2) is 18.2 Å². The molecule has 0 bridgehead atoms. The highest BCUT2D eigenvalue weighted by Gasteiger charge is 2.21. The molecular formula is C12H15ClFN3O. The fourth-order valence-electron chi connectivity index (χ4n) is 1.99. The van der Waals surface area contributed by atoms with E-state index in [1.165, 1.54) is 18.2 Å². The van der Waals surface area contributed by atoms with Crippen LogP contribution in [0.1, 0.15) is 6.42 Å². The van der Waals surface area contributed by atoms with E-state index >= 15 is 0 Å². The van der Waals surface area contributed by atoms with Crippen LogP contribution < -0.4 is 11.1 Å². The molecular weight excluding hydrogens is 257 g/mol. The Labute approximate surface area is 110 Å². The zero-order valence-electron chi connectivity index (χ0n) is 9.83. The molecule has 0 unspecified atom stereocenters. The highest BCUT2D eigenvalue weighted by Crippen LogP contribution is 2.22. The molecule has 4 nitrogen and oxygen atoms in total. The Kier molecular flexibility index (Phi) is 4.16. The summed E-state index contributed by atoms with van der Waals surface area (Å²) < 4.78 is 12.8. The zero-order chi connectivity index (χ0) is 13.1. The van der Waals surface area contributed by atoms with Crippen molar-refractivity contribution >= 4 is 23.2 Å². The standard InChI is InChI=1S/C12H15ClFN3O/c13-10-5-8(14)1-2-11(10)16-12(18)7-17-4-3-9(15)6-17/h1-2,5,9H,3-4,6-7,15H2,(H,16,18)/t9-/m1/s1. The lowest BCUT2D eigenvalue weighted by atomic mass is 10.3. The number of carbonyl (C=O) groups excluding carboxylic acids is 1. The Hall–Kier alpha value is -1.17. The number of nitrogens with one attached hydrogen (secondary N) is 1. The van der Waals surface area contributed by atoms with Crippen molar-refractivity contribution in [3.63, 3.8) is 0 Å². The lowest BCUT2D eigenvalue weighted by Crippen LogP contribution is -2.33. The summed E-state index contributed by atoms with van der Waals surface area (Å²) >= 11 is 5.83. The maximum Gasteiger partial charge on any atom is 0.238 e. The number of hydrogen-bond acceptors (Lipinski definition) is 3. The summed E-state index contributed by atoms with van der Waals surface area (Å²) in [5, 5.41) is 2.85. The van der Waals surface area contributed by atoms with Gasteiger partial charge in [0, 0.05) is 19.1 Å². The SMILES string of the molecule is N[C@@H]1CCN(CC(=O)Nc2ccc(F)cc2Cl)C1. The van der Waals surface area contributed by atoms with Gasteiger partial charge in [-0.2, -0.15) is 0 Å². The summed E-state index contributed by atoms with van der Waals surface area (Å²) in [5.74, 6) is -0.596. The van der Waals surface area contributed by atoms with Gasteiger partial charge in [0.15, 0.2) is 0 Å². The smallest absolute Gasteiger partial charge is 0.238 e. The van der Waals surface area contributed by atoms with E-state index in [1.807, 2.05) is 4.90 Å². The second-order valence-electron chi connectivity index (χ2n) is 4.46. The maximum absolute atomic E-state index is 12.8. The highest BCUT2D eigenvalue weighted by molar-refractivity contribution is 6.33. The maximum atomic E-state index is 12.8. The molecule has 0 aliphatic carbocycles. The van der Waals surface area contributed by atoms with E-state index in [9.17, 15) is 9.18 Å². The average molecular weight is 272 g/mol. The Morgan fingerprint density at radius 2 is 2.39 bits per heavy atom. The number of hydrogen-bond donors (Lipinski definition) is 2. The lowest BCUT2D eigenvalue weighted by Gasteiger charge is -2.15. The van der Waals surface area contributed by atoms with Crippen molar-refractivity contribution in [2.75, 3.05) is 25.0 Å². The third-order valence-electron chi connectivity index (χ3n) is 2.88. The second kappa shape index (κ2) is 5.65. The van der Waals surface area contributed by atoms with Gasteiger partial charge >= 0.3 is 0 Å². The fraction of sp³-hybridized carbons (Fsp3) is 0.417. The monoisotopic (exact) mass is 271 g/mol. The third-order valence-corrected chi connectivity index (χ3v) is 3.19. The Morgan fingerprint density at radius 3 is 3.00 bits per heavy atom. The summed E-state index contributed by atoms with van der Waals surface area (Å²) in [5.41, 5.74) is 6.18. The van der Waals surface area contributed by atoms with Crippen molar-refractivity contribution in [3.8, 4) is 0 Å². The molecule has 1 aliphatic rings. The van der Waals surface area contributed by atoms with Gasteiger partial charge in [0.2, 0.25) is 5.91 Å². The van der Waals surface area contributed by atoms with Crippen molar-refractivity contribution in [1.82, 2.24) is 4.90 Å². The molecule has 6 heteroatoms. The summed E-state index contributed by atoms with van der Waals surface area (Å²) in [7, 11) is 0. The van der Waals surface area contributed by atoms with Crippen LogP contribution in [-0.2, 0) is 4.79 Å². The molecule has 3 N–H and O–H groups in total. The highest BCUT2D eigenvalue weighted by atomic mass is 35.5. The van der Waals surface area contributed by atoms with Gasteiger partial charge < -0.3 is 11.1 Å². The van der Waals surface area contributed by atoms with E-state index in [0.717, 1.165) is 19.5 Å². The molecule has 0 saturated carbocycles. The fourth-order valence-corrected chi connectivity index (χ4v) is 2.20. The topological polar surface area (TPSA) is 58.4 Å². The zero-order valence-corrected chi connectivity index (χ0v) is 10.6. The average Bonchev–Trinajstić information content (AvgIpc) is 2.68. The summed E-state index contributed by atoms with van der Waals surface area (Å²) in [6, 6.07) is 4.02. The molecule has 1 aromatic rings. The predicted molar refractivity (Wildman–Crippen MR) is 69.1 cm³/mol. The van der Waals surface area contributed by atoms with E-state index in [2.05, 4.69) is 5.32 Å². The van der Waals surface area contributed by atoms with Gasteiger partial charge in [-0.25, -0.2) is 4.39 Å². The molecule has 1 aromatic carbocycles. The van der Waals surface area contributed by atoms with Crippen molar-refractivity contribution < 1.29 is 9.18 Å². The first-order valence-corrected chi connectivity index (χ1v) is 6.15. The molecule has 98 valence electrons. The molecule has 18 heavy (non-hydrogen) atoms. The van der Waals surface area contributed by atoms with Crippen molar-refractivity contribution in [3.05, 3.63) is 29.0 Å². The Morgan fingerprint density at radius 1 is 1.61 bits per heavy atom. The van der Waals surface area contributed by atoms with Gasteiger partial charge in [-0.05, 0) is 24.6 Å². The normalized spacial score (nSPS) is 20.1. The second-order valence-corrected chi connectivity index (χ2v) is 4.86. The summed E-state index contributed by atoms with van der Waals surface area (Å²) in [6.45, 7) is 1.83. The first kappa shape index (κ1) is 13.3. The number of anilines is 1. The van der Waals surface area contributed by atoms with Crippen LogP contribution in [0.2, 0.25) is 5.02 Å². The lowest BCUT2D eigenvalue weighted by molar-refractivity contribution is -0.117. The minimum absolute atomic E-state index is 0.146. The molecule has 1 saturated heterocycles. The minimum atomic E-state index is -0.427. The van der Waals surface area contributed by atoms with Crippen LogP contribution in [0.25, 0.3) is 0 Å². The van der Waals surface area contributed by atoms with Crippen LogP contribution >= 0.6 is 11.6 Å². The van der Waals surface area contributed by atoms with Crippen LogP contribution in [-0.4, -0.2) is 36.5 Å². The van der Waals surface area contributed by atoms with E-state index in [1.54, 1.807) is 0 Å². The minimum Gasteiger partial charge on any atom is -0.326 e. The molecule has 0 aromatic heterocycles. The first-order valence-electron chi connectivity index (χ1n) is 5.77. The Balaban J connectivity index is 1.91. The van der Waals surface area contributed by atoms with Crippen molar-refractivity contribution in [2.45, 2.75) is 12.5 Å². The van der Waals surface area contributed by atoms with Crippen LogP contribution in [0.4, 0.5) is 10.1 Å². The van der Waals surface area contributed by atoms with Crippen LogP contribution in [0, 0.1) is 5.82 Å². The van der Waals surface area contributed by atoms with Crippen molar-refractivity contribution in [1.29, 1.82) is 0 Å². The number of benzene rings is 1. The summed E-state index contributed by atoms with van der Waals surface area (Å²) in [4.78, 5) is 13.7. The molecule has 1 heterocycles. The molecule has 0 radical (unpaired) electrons. The third kappa shape index (κ3) is 3.41. The quantitative estimate of drug-likeness (QED) is 0.875. The van der Waals surface area contributed by atoms with Gasteiger partial charge in [-0.1, -0.05) is 11.6 Å². The summed E-state index contributed by atoms with van der Waals surface area (Å²) in [6.07, 6.45) is 0.907. The van der Waals surface area contributed by atoms with Gasteiger partial charge in [-0.15, -0.1) is 0 Å². The number of carbonyl (C=O) groups is 1. The molecule has 1 fully saturated rings. The Bertz CT molecular complexity index is 455. The number of nitrogens with two attached hydrogens (primary N) is 1. The molecule has 1 atom stereocenters. The van der Waals surface area contributed by atoms with E-state index < -0.39 is 5.82 Å². The molecule has 1 amide bonds. The molecule has 1 aliphatic heterocycles. The van der Waals surface area contributed by atoms with Gasteiger partial charge in [0.25, 0.3) is 0 Å². The number of nitrogens with zero attached hydrogens (tertiary/aromatic N) is 1. The van der Waals surface area contributed by atoms with E-state index in [4.69, 9.17) is 17.3 Å². The first-order chi connectivity index (χ1) is 8.54. The molecule has 0 spiro atoms. The number of rotatable bonds is 3. The van der Waals surface area contributed by atoms with E-state index in [-0.39, 0.29) is 23.5 Å². The number of amides is 1. The van der Waals surface area contributed by atoms with Gasteiger partial charge in [0.1, 0.15) is 5.82 Å². The van der Waals surface area contributed by atoms with Gasteiger partial charge in [-0.3, -0.25) is 9.69 Å². The van der Waals surface area contributed by atoms with Gasteiger partial charge in [0.05, 0.1) is 17.3 Å². The van der Waals surface area contributed by atoms with Crippen molar-refractivity contribution in [2.24, 2.45) is 5.73 Å². The van der Waals surface area contributed by atoms with E-state index in [0.29, 0.717) is 5.69 Å². The predicted octanol–water partition coefficient (Wildman–Crippen LogP) is 1.45. The van der Waals surface area contributed by atoms with Crippen LogP contribution in [0.5, 0.6) is 0 Å². The van der Waals surface area contributed by atoms with Crippen LogP contribution in [0.3, 0.4) is 0 Å².